The van der Waals surface area contributed by atoms with Crippen LogP contribution in [0.15, 0.2) is 21.5 Å². The number of hydrogen-bond acceptors (Lipinski definition) is 4. The fraction of sp³-hybridized carbons (Fsp3) is 0.667. The molecular weight excluding hydrogens is 445 g/mol. The Morgan fingerprint density at radius 2 is 2.19 bits per heavy atom. The second kappa shape index (κ2) is 12.2. The Morgan fingerprint density at radius 1 is 1.38 bits per heavy atom. The molecule has 7 nitrogen and oxygen atoms in total. The molecule has 1 aliphatic rings. The monoisotopic (exact) mass is 477 g/mol. The van der Waals surface area contributed by atoms with Gasteiger partial charge in [-0.05, 0) is 51.8 Å². The van der Waals surface area contributed by atoms with Gasteiger partial charge in [-0.3, -0.25) is 4.79 Å². The molecule has 1 aromatic heterocycles. The molecule has 2 heterocycles. The first-order valence-electron chi connectivity index (χ1n) is 9.25. The first kappa shape index (κ1) is 22.8. The maximum absolute atomic E-state index is 11.0. The van der Waals surface area contributed by atoms with Gasteiger partial charge in [0.2, 0.25) is 0 Å². The Kier molecular flexibility index (Phi) is 10.6. The topological polar surface area (TPSA) is 95.9 Å². The summed E-state index contributed by atoms with van der Waals surface area (Å²) in [5, 5.41) is 6.58. The highest BCUT2D eigenvalue weighted by Crippen LogP contribution is 2.16. The summed E-state index contributed by atoms with van der Waals surface area (Å²) in [5.41, 5.74) is 5.19. The van der Waals surface area contributed by atoms with Crippen LogP contribution in [-0.2, 0) is 6.54 Å². The minimum Gasteiger partial charge on any atom is -0.454 e. The molecule has 2 rings (SSSR count). The van der Waals surface area contributed by atoms with Gasteiger partial charge in [0.05, 0.1) is 0 Å². The van der Waals surface area contributed by atoms with Gasteiger partial charge in [0, 0.05) is 25.7 Å². The van der Waals surface area contributed by atoms with Crippen molar-refractivity contribution in [2.45, 2.75) is 52.1 Å². The Morgan fingerprint density at radius 3 is 2.85 bits per heavy atom. The van der Waals surface area contributed by atoms with E-state index < -0.39 is 5.91 Å². The Bertz CT molecular complexity index is 576. The quantitative estimate of drug-likeness (QED) is 0.231. The van der Waals surface area contributed by atoms with E-state index in [4.69, 9.17) is 10.2 Å². The molecule has 1 aromatic rings. The van der Waals surface area contributed by atoms with Crippen LogP contribution in [0.1, 0.15) is 55.8 Å². The summed E-state index contributed by atoms with van der Waals surface area (Å²) >= 11 is 0. The van der Waals surface area contributed by atoms with E-state index in [0.29, 0.717) is 18.3 Å². The fourth-order valence-electron chi connectivity index (χ4n) is 3.07. The Hall–Kier alpha value is -1.29. The summed E-state index contributed by atoms with van der Waals surface area (Å²) in [6.45, 7) is 8.72. The van der Waals surface area contributed by atoms with E-state index in [1.807, 2.05) is 6.92 Å². The highest BCUT2D eigenvalue weighted by Gasteiger charge is 2.17. The molecule has 8 heteroatoms. The number of likely N-dealkylation sites (tertiary alicyclic amines) is 1. The van der Waals surface area contributed by atoms with Gasteiger partial charge in [0.25, 0.3) is 5.91 Å². The molecule has 0 spiro atoms. The molecule has 0 bridgehead atoms. The standard InChI is InChI=1S/C18H31N5O2.HI/c1-3-20-18(22-13-15-8-9-16(25-15)17(19)24)21-10-6-12-23-11-5-4-7-14(23)2;/h8-9,14H,3-7,10-13H2,1-2H3,(H2,19,24)(H2,20,21,22);1H. The summed E-state index contributed by atoms with van der Waals surface area (Å²) in [5.74, 6) is 0.977. The molecule has 1 saturated heterocycles. The number of guanidine groups is 1. The number of carbonyl (C=O) groups excluding carboxylic acids is 1. The van der Waals surface area contributed by atoms with Crippen molar-refractivity contribution in [1.82, 2.24) is 15.5 Å². The molecule has 1 fully saturated rings. The van der Waals surface area contributed by atoms with Gasteiger partial charge < -0.3 is 25.7 Å². The van der Waals surface area contributed by atoms with Crippen molar-refractivity contribution in [2.24, 2.45) is 10.7 Å². The van der Waals surface area contributed by atoms with Crippen molar-refractivity contribution in [3.05, 3.63) is 23.7 Å². The second-order valence-corrected chi connectivity index (χ2v) is 6.49. The van der Waals surface area contributed by atoms with Crippen molar-refractivity contribution >= 4 is 35.8 Å². The number of nitrogens with one attached hydrogen (secondary N) is 2. The third-order valence-corrected chi connectivity index (χ3v) is 4.50. The predicted octanol–water partition coefficient (Wildman–Crippen LogP) is 2.32. The Labute approximate surface area is 173 Å². The zero-order valence-electron chi connectivity index (χ0n) is 15.8. The molecule has 0 aromatic carbocycles. The van der Waals surface area contributed by atoms with Gasteiger partial charge in [0.1, 0.15) is 12.3 Å². The van der Waals surface area contributed by atoms with Crippen molar-refractivity contribution in [2.75, 3.05) is 26.2 Å². The van der Waals surface area contributed by atoms with E-state index in [1.54, 1.807) is 12.1 Å². The molecule has 1 amide bonds. The molecule has 148 valence electrons. The maximum atomic E-state index is 11.0. The number of hydrogen-bond donors (Lipinski definition) is 3. The third-order valence-electron chi connectivity index (χ3n) is 4.50. The zero-order valence-corrected chi connectivity index (χ0v) is 18.1. The lowest BCUT2D eigenvalue weighted by Crippen LogP contribution is -2.41. The van der Waals surface area contributed by atoms with Gasteiger partial charge in [-0.1, -0.05) is 6.42 Å². The van der Waals surface area contributed by atoms with Crippen LogP contribution >= 0.6 is 24.0 Å². The molecule has 1 atom stereocenters. The first-order chi connectivity index (χ1) is 12.1. The van der Waals surface area contributed by atoms with Crippen LogP contribution in [-0.4, -0.2) is 49.0 Å². The van der Waals surface area contributed by atoms with E-state index in [0.717, 1.165) is 32.0 Å². The highest BCUT2D eigenvalue weighted by molar-refractivity contribution is 14.0. The van der Waals surface area contributed by atoms with Gasteiger partial charge in [-0.2, -0.15) is 0 Å². The number of carbonyl (C=O) groups is 1. The lowest BCUT2D eigenvalue weighted by Gasteiger charge is -2.33. The number of rotatable bonds is 8. The maximum Gasteiger partial charge on any atom is 0.284 e. The van der Waals surface area contributed by atoms with E-state index in [9.17, 15) is 4.79 Å². The first-order valence-corrected chi connectivity index (χ1v) is 9.25. The molecule has 0 saturated carbocycles. The van der Waals surface area contributed by atoms with Gasteiger partial charge in [-0.15, -0.1) is 24.0 Å². The fourth-order valence-corrected chi connectivity index (χ4v) is 3.07. The SMILES string of the molecule is CCNC(=NCc1ccc(C(N)=O)o1)NCCCN1CCCCC1C.I. The number of piperidine rings is 1. The number of amides is 1. The van der Waals surface area contributed by atoms with E-state index in [2.05, 4.69) is 27.4 Å². The van der Waals surface area contributed by atoms with Crippen LogP contribution in [0.25, 0.3) is 0 Å². The molecule has 1 unspecified atom stereocenters. The number of furan rings is 1. The lowest BCUT2D eigenvalue weighted by molar-refractivity contribution is 0.0972. The summed E-state index contributed by atoms with van der Waals surface area (Å²) in [7, 11) is 0. The van der Waals surface area contributed by atoms with E-state index >= 15 is 0 Å². The average molecular weight is 477 g/mol. The Balaban J connectivity index is 0.00000338. The smallest absolute Gasteiger partial charge is 0.284 e. The number of nitrogens with two attached hydrogens (primary N) is 1. The van der Waals surface area contributed by atoms with Gasteiger partial charge >= 0.3 is 0 Å². The van der Waals surface area contributed by atoms with Crippen LogP contribution < -0.4 is 16.4 Å². The molecule has 0 aliphatic carbocycles. The van der Waals surface area contributed by atoms with Crippen LogP contribution in [0.3, 0.4) is 0 Å². The summed E-state index contributed by atoms with van der Waals surface area (Å²) < 4.78 is 5.35. The minimum atomic E-state index is -0.563. The number of primary amides is 1. The van der Waals surface area contributed by atoms with E-state index in [1.165, 1.54) is 25.8 Å². The van der Waals surface area contributed by atoms with Crippen molar-refractivity contribution < 1.29 is 9.21 Å². The van der Waals surface area contributed by atoms with Gasteiger partial charge in [-0.25, -0.2) is 4.99 Å². The van der Waals surface area contributed by atoms with E-state index in [-0.39, 0.29) is 29.7 Å². The highest BCUT2D eigenvalue weighted by atomic mass is 127. The molecule has 4 N–H and O–H groups in total. The summed E-state index contributed by atoms with van der Waals surface area (Å²) in [6, 6.07) is 4.01. The molecule has 1 aliphatic heterocycles. The van der Waals surface area contributed by atoms with Crippen molar-refractivity contribution in [1.29, 1.82) is 0 Å². The van der Waals surface area contributed by atoms with Crippen LogP contribution in [0, 0.1) is 0 Å². The molecule has 26 heavy (non-hydrogen) atoms. The lowest BCUT2D eigenvalue weighted by atomic mass is 10.0. The number of nitrogens with zero attached hydrogens (tertiary/aromatic N) is 2. The van der Waals surface area contributed by atoms with Crippen molar-refractivity contribution in [3.63, 3.8) is 0 Å². The molecule has 0 radical (unpaired) electrons. The number of aliphatic imine (C=N–C) groups is 1. The van der Waals surface area contributed by atoms with Crippen molar-refractivity contribution in [3.8, 4) is 0 Å². The molecular formula is C18H32IN5O2. The van der Waals surface area contributed by atoms with Gasteiger partial charge in [0.15, 0.2) is 11.7 Å². The normalized spacial score (nSPS) is 18.2. The summed E-state index contributed by atoms with van der Waals surface area (Å²) in [6.07, 6.45) is 5.07. The largest absolute Gasteiger partial charge is 0.454 e. The minimum absolute atomic E-state index is 0. The second-order valence-electron chi connectivity index (χ2n) is 6.49. The summed E-state index contributed by atoms with van der Waals surface area (Å²) in [4.78, 5) is 18.1. The number of halogens is 1. The van der Waals surface area contributed by atoms with Crippen LogP contribution in [0.2, 0.25) is 0 Å². The van der Waals surface area contributed by atoms with Crippen LogP contribution in [0.4, 0.5) is 0 Å². The van der Waals surface area contributed by atoms with Crippen LogP contribution in [0.5, 0.6) is 0 Å². The zero-order chi connectivity index (χ0) is 18.1. The third kappa shape index (κ3) is 7.53. The predicted molar refractivity (Wildman–Crippen MR) is 115 cm³/mol. The average Bonchev–Trinajstić information content (AvgIpc) is 3.07.